The topological polar surface area (TPSA) is 77.4 Å². The minimum atomic E-state index is -0.0146. The zero-order chi connectivity index (χ0) is 20.4. The van der Waals surface area contributed by atoms with Crippen molar-refractivity contribution in [1.29, 1.82) is 0 Å². The molecule has 0 radical (unpaired) electrons. The number of nitrogens with zero attached hydrogens (tertiary/aromatic N) is 4. The first kappa shape index (κ1) is 19.7. The first-order valence-corrected chi connectivity index (χ1v) is 10.5. The molecule has 3 aromatic heterocycles. The maximum absolute atomic E-state index is 13.2. The number of carbonyl (C=O) groups is 1. The van der Waals surface area contributed by atoms with E-state index in [9.17, 15) is 4.79 Å². The second-order valence-corrected chi connectivity index (χ2v) is 8.25. The number of thiophene rings is 1. The standard InChI is InChI=1S/C21H24N4O3S/c1-13-17-18(15-5-8-28-9-6-15)23-12-24-20(17)29-19(13)21(26)25(2)11-14-4-7-22-16(10-14)27-3/h4,7,10,12,15H,5-6,8-9,11H2,1-3H3. The molecule has 0 atom stereocenters. The normalized spacial score (nSPS) is 14.9. The Balaban J connectivity index is 1.63. The van der Waals surface area contributed by atoms with Crippen LogP contribution in [-0.4, -0.2) is 53.1 Å². The fraction of sp³-hybridized carbons (Fsp3) is 0.429. The molecule has 4 rings (SSSR count). The van der Waals surface area contributed by atoms with Crippen LogP contribution in [0.25, 0.3) is 10.2 Å². The van der Waals surface area contributed by atoms with Crippen molar-refractivity contribution in [2.24, 2.45) is 0 Å². The van der Waals surface area contributed by atoms with Crippen molar-refractivity contribution in [2.75, 3.05) is 27.4 Å². The summed E-state index contributed by atoms with van der Waals surface area (Å²) in [7, 11) is 3.39. The monoisotopic (exact) mass is 412 g/mol. The predicted octanol–water partition coefficient (Wildman–Crippen LogP) is 3.57. The molecule has 3 aromatic rings. The Hall–Kier alpha value is -2.58. The molecule has 4 heterocycles. The molecule has 1 saturated heterocycles. The molecular formula is C21H24N4O3S. The van der Waals surface area contributed by atoms with Crippen LogP contribution in [0.15, 0.2) is 24.7 Å². The highest BCUT2D eigenvalue weighted by atomic mass is 32.1. The van der Waals surface area contributed by atoms with Crippen molar-refractivity contribution in [3.05, 3.63) is 46.4 Å². The van der Waals surface area contributed by atoms with E-state index in [1.54, 1.807) is 24.5 Å². The second-order valence-electron chi connectivity index (χ2n) is 7.25. The zero-order valence-corrected chi connectivity index (χ0v) is 17.7. The molecule has 0 aliphatic carbocycles. The molecule has 1 amide bonds. The lowest BCUT2D eigenvalue weighted by molar-refractivity contribution is 0.0789. The maximum atomic E-state index is 13.2. The highest BCUT2D eigenvalue weighted by Gasteiger charge is 2.26. The third kappa shape index (κ3) is 3.95. The number of fused-ring (bicyclic) bond motifs is 1. The van der Waals surface area contributed by atoms with Crippen LogP contribution in [0, 0.1) is 6.92 Å². The van der Waals surface area contributed by atoms with Crippen LogP contribution in [0.5, 0.6) is 5.88 Å². The number of rotatable bonds is 5. The Labute approximate surface area is 173 Å². The minimum absolute atomic E-state index is 0.0146. The maximum Gasteiger partial charge on any atom is 0.264 e. The summed E-state index contributed by atoms with van der Waals surface area (Å²) < 4.78 is 10.7. The highest BCUT2D eigenvalue weighted by Crippen LogP contribution is 2.37. The summed E-state index contributed by atoms with van der Waals surface area (Å²) in [6.07, 6.45) is 5.21. The Morgan fingerprint density at radius 3 is 2.86 bits per heavy atom. The number of methoxy groups -OCH3 is 1. The first-order chi connectivity index (χ1) is 14.1. The quantitative estimate of drug-likeness (QED) is 0.638. The van der Waals surface area contributed by atoms with E-state index in [1.807, 2.05) is 26.1 Å². The first-order valence-electron chi connectivity index (χ1n) is 9.64. The molecule has 0 aromatic carbocycles. The van der Waals surface area contributed by atoms with Crippen molar-refractivity contribution >= 4 is 27.5 Å². The van der Waals surface area contributed by atoms with Gasteiger partial charge in [0.05, 0.1) is 17.7 Å². The largest absolute Gasteiger partial charge is 0.481 e. The fourth-order valence-electron chi connectivity index (χ4n) is 3.76. The molecule has 7 nitrogen and oxygen atoms in total. The van der Waals surface area contributed by atoms with Gasteiger partial charge < -0.3 is 14.4 Å². The SMILES string of the molecule is COc1cc(CN(C)C(=O)c2sc3ncnc(C4CCOCC4)c3c2C)ccn1. The molecule has 0 spiro atoms. The molecule has 1 fully saturated rings. The summed E-state index contributed by atoms with van der Waals surface area (Å²) in [5.41, 5.74) is 2.98. The molecule has 8 heteroatoms. The molecular weight excluding hydrogens is 388 g/mol. The second kappa shape index (κ2) is 8.42. The number of hydrogen-bond donors (Lipinski definition) is 0. The molecule has 0 saturated carbocycles. The van der Waals surface area contributed by atoms with Crippen molar-refractivity contribution in [3.63, 3.8) is 0 Å². The van der Waals surface area contributed by atoms with Gasteiger partial charge in [-0.15, -0.1) is 11.3 Å². The summed E-state index contributed by atoms with van der Waals surface area (Å²) in [4.78, 5) is 29.7. The Morgan fingerprint density at radius 2 is 2.10 bits per heavy atom. The smallest absolute Gasteiger partial charge is 0.264 e. The number of amides is 1. The average Bonchev–Trinajstić information content (AvgIpc) is 3.10. The highest BCUT2D eigenvalue weighted by molar-refractivity contribution is 7.20. The van der Waals surface area contributed by atoms with Gasteiger partial charge in [0.15, 0.2) is 0 Å². The molecule has 1 aliphatic heterocycles. The molecule has 0 unspecified atom stereocenters. The third-order valence-electron chi connectivity index (χ3n) is 5.33. The number of aromatic nitrogens is 3. The van der Waals surface area contributed by atoms with E-state index in [1.165, 1.54) is 11.3 Å². The lowest BCUT2D eigenvalue weighted by atomic mass is 9.93. The van der Waals surface area contributed by atoms with Gasteiger partial charge >= 0.3 is 0 Å². The average molecular weight is 413 g/mol. The molecule has 0 bridgehead atoms. The fourth-order valence-corrected chi connectivity index (χ4v) is 4.91. The van der Waals surface area contributed by atoms with Crippen LogP contribution in [0.1, 0.15) is 45.3 Å². The Kier molecular flexibility index (Phi) is 5.73. The van der Waals surface area contributed by atoms with Crippen LogP contribution in [0.2, 0.25) is 0 Å². The van der Waals surface area contributed by atoms with Gasteiger partial charge in [-0.25, -0.2) is 15.0 Å². The summed E-state index contributed by atoms with van der Waals surface area (Å²) in [5, 5.41) is 1.03. The molecule has 0 N–H and O–H groups in total. The van der Waals surface area contributed by atoms with Crippen LogP contribution in [0.3, 0.4) is 0 Å². The van der Waals surface area contributed by atoms with Crippen LogP contribution in [0.4, 0.5) is 0 Å². The van der Waals surface area contributed by atoms with Crippen molar-refractivity contribution in [2.45, 2.75) is 32.2 Å². The van der Waals surface area contributed by atoms with Gasteiger partial charge in [0.1, 0.15) is 11.2 Å². The van der Waals surface area contributed by atoms with E-state index in [0.29, 0.717) is 18.3 Å². The minimum Gasteiger partial charge on any atom is -0.481 e. The Bertz CT molecular complexity index is 1030. The van der Waals surface area contributed by atoms with Gasteiger partial charge in [-0.05, 0) is 37.0 Å². The summed E-state index contributed by atoms with van der Waals surface area (Å²) in [5.74, 6) is 0.879. The van der Waals surface area contributed by atoms with E-state index < -0.39 is 0 Å². The van der Waals surface area contributed by atoms with Crippen LogP contribution >= 0.6 is 11.3 Å². The van der Waals surface area contributed by atoms with Crippen LogP contribution < -0.4 is 4.74 Å². The molecule has 152 valence electrons. The third-order valence-corrected chi connectivity index (χ3v) is 6.52. The Morgan fingerprint density at radius 1 is 1.31 bits per heavy atom. The number of hydrogen-bond acceptors (Lipinski definition) is 7. The van der Waals surface area contributed by atoms with E-state index in [2.05, 4.69) is 15.0 Å². The summed E-state index contributed by atoms with van der Waals surface area (Å²) >= 11 is 1.45. The lowest BCUT2D eigenvalue weighted by Crippen LogP contribution is -2.26. The van der Waals surface area contributed by atoms with Gasteiger partial charge in [0, 0.05) is 50.4 Å². The predicted molar refractivity (Wildman–Crippen MR) is 112 cm³/mol. The van der Waals surface area contributed by atoms with Crippen molar-refractivity contribution in [1.82, 2.24) is 19.9 Å². The number of carbonyl (C=O) groups excluding carboxylic acids is 1. The van der Waals surface area contributed by atoms with Gasteiger partial charge in [-0.3, -0.25) is 4.79 Å². The van der Waals surface area contributed by atoms with Crippen LogP contribution in [-0.2, 0) is 11.3 Å². The van der Waals surface area contributed by atoms with Gasteiger partial charge in [0.2, 0.25) is 5.88 Å². The van der Waals surface area contributed by atoms with E-state index >= 15 is 0 Å². The zero-order valence-electron chi connectivity index (χ0n) is 16.8. The molecule has 1 aliphatic rings. The number of aryl methyl sites for hydroxylation is 1. The number of pyridine rings is 1. The number of ether oxygens (including phenoxy) is 2. The van der Waals surface area contributed by atoms with Crippen molar-refractivity contribution < 1.29 is 14.3 Å². The van der Waals surface area contributed by atoms with E-state index in [0.717, 1.165) is 58.0 Å². The lowest BCUT2D eigenvalue weighted by Gasteiger charge is -2.22. The van der Waals surface area contributed by atoms with Gasteiger partial charge in [-0.1, -0.05) is 0 Å². The summed E-state index contributed by atoms with van der Waals surface area (Å²) in [6.45, 7) is 3.98. The van der Waals surface area contributed by atoms with E-state index in [4.69, 9.17) is 9.47 Å². The van der Waals surface area contributed by atoms with E-state index in [-0.39, 0.29) is 5.91 Å². The van der Waals surface area contributed by atoms with Crippen molar-refractivity contribution in [3.8, 4) is 5.88 Å². The molecule has 29 heavy (non-hydrogen) atoms. The van der Waals surface area contributed by atoms with Gasteiger partial charge in [0.25, 0.3) is 5.91 Å². The van der Waals surface area contributed by atoms with Gasteiger partial charge in [-0.2, -0.15) is 0 Å². The summed E-state index contributed by atoms with van der Waals surface area (Å²) in [6, 6.07) is 3.73.